The second kappa shape index (κ2) is 5.90. The summed E-state index contributed by atoms with van der Waals surface area (Å²) >= 11 is 5.77. The second-order valence-corrected chi connectivity index (χ2v) is 7.08. The highest BCUT2D eigenvalue weighted by Crippen LogP contribution is 2.24. The van der Waals surface area contributed by atoms with E-state index in [2.05, 4.69) is 46.9 Å². The second-order valence-electron chi connectivity index (χ2n) is 6.70. The van der Waals surface area contributed by atoms with Gasteiger partial charge in [0.15, 0.2) is 0 Å². The number of amides is 1. The first kappa shape index (κ1) is 15.8. The van der Waals surface area contributed by atoms with E-state index in [9.17, 15) is 4.79 Å². The molecule has 0 aliphatic heterocycles. The Labute approximate surface area is 105 Å². The van der Waals surface area contributed by atoms with Crippen LogP contribution in [0.2, 0.25) is 0 Å². The fraction of sp³-hybridized carbons (Fsp3) is 0.923. The van der Waals surface area contributed by atoms with Crippen molar-refractivity contribution < 1.29 is 4.79 Å². The van der Waals surface area contributed by atoms with Gasteiger partial charge < -0.3 is 5.32 Å². The molecular weight excluding hydrogens is 222 g/mol. The molecule has 0 aromatic carbocycles. The lowest BCUT2D eigenvalue weighted by Gasteiger charge is -2.32. The van der Waals surface area contributed by atoms with Crippen molar-refractivity contribution in [2.45, 2.75) is 60.4 Å². The first-order chi connectivity index (χ1) is 7.06. The molecule has 2 nitrogen and oxygen atoms in total. The van der Waals surface area contributed by atoms with Crippen molar-refractivity contribution in [3.63, 3.8) is 0 Å². The molecule has 1 unspecified atom stereocenters. The summed E-state index contributed by atoms with van der Waals surface area (Å²) in [6.45, 7) is 12.6. The molecule has 0 aromatic heterocycles. The number of carbonyl (C=O) groups excluding carboxylic acids is 1. The van der Waals surface area contributed by atoms with Crippen molar-refractivity contribution in [2.75, 3.05) is 5.88 Å². The molecule has 1 amide bonds. The van der Waals surface area contributed by atoms with Gasteiger partial charge in [0.05, 0.1) is 0 Å². The van der Waals surface area contributed by atoms with Crippen molar-refractivity contribution in [3.8, 4) is 0 Å². The quantitative estimate of drug-likeness (QED) is 0.756. The van der Waals surface area contributed by atoms with Crippen molar-refractivity contribution in [1.82, 2.24) is 5.32 Å². The summed E-state index contributed by atoms with van der Waals surface area (Å²) in [6, 6.07) is 0.153. The average Bonchev–Trinajstić information content (AvgIpc) is 1.97. The van der Waals surface area contributed by atoms with Crippen LogP contribution in [0.4, 0.5) is 0 Å². The minimum Gasteiger partial charge on any atom is -0.353 e. The molecule has 16 heavy (non-hydrogen) atoms. The van der Waals surface area contributed by atoms with E-state index in [4.69, 9.17) is 11.6 Å². The van der Waals surface area contributed by atoms with Gasteiger partial charge in [-0.3, -0.25) is 4.79 Å². The number of hydrogen-bond donors (Lipinski definition) is 1. The van der Waals surface area contributed by atoms with Crippen LogP contribution < -0.4 is 5.32 Å². The van der Waals surface area contributed by atoms with Gasteiger partial charge in [0.25, 0.3) is 0 Å². The van der Waals surface area contributed by atoms with Gasteiger partial charge in [-0.25, -0.2) is 0 Å². The Morgan fingerprint density at radius 1 is 1.19 bits per heavy atom. The van der Waals surface area contributed by atoms with Gasteiger partial charge in [-0.2, -0.15) is 0 Å². The summed E-state index contributed by atoms with van der Waals surface area (Å²) in [7, 11) is 0. The summed E-state index contributed by atoms with van der Waals surface area (Å²) in [5, 5.41) is 3.09. The summed E-state index contributed by atoms with van der Waals surface area (Å²) in [4.78, 5) is 11.8. The van der Waals surface area contributed by atoms with Gasteiger partial charge in [-0.15, -0.1) is 11.6 Å². The minimum atomic E-state index is 0.0352. The maximum absolute atomic E-state index is 11.8. The Hall–Kier alpha value is -0.240. The molecule has 0 spiro atoms. The molecule has 0 heterocycles. The highest BCUT2D eigenvalue weighted by atomic mass is 35.5. The van der Waals surface area contributed by atoms with Gasteiger partial charge in [-0.05, 0) is 17.3 Å². The first-order valence-electron chi connectivity index (χ1n) is 5.91. The van der Waals surface area contributed by atoms with Crippen molar-refractivity contribution in [1.29, 1.82) is 0 Å². The summed E-state index contributed by atoms with van der Waals surface area (Å²) < 4.78 is 0. The number of rotatable bonds is 4. The molecule has 0 fully saturated rings. The van der Waals surface area contributed by atoms with Gasteiger partial charge in [-0.1, -0.05) is 41.5 Å². The third kappa shape index (κ3) is 7.10. The Bertz CT molecular complexity index is 225. The zero-order valence-electron chi connectivity index (χ0n) is 11.5. The van der Waals surface area contributed by atoms with Gasteiger partial charge >= 0.3 is 0 Å². The van der Waals surface area contributed by atoms with Crippen LogP contribution in [0.15, 0.2) is 0 Å². The fourth-order valence-electron chi connectivity index (χ4n) is 1.56. The Morgan fingerprint density at radius 2 is 1.69 bits per heavy atom. The molecule has 0 aliphatic rings. The van der Waals surface area contributed by atoms with Crippen molar-refractivity contribution >= 4 is 17.5 Å². The molecule has 0 saturated heterocycles. The van der Waals surface area contributed by atoms with Crippen LogP contribution >= 0.6 is 11.6 Å². The molecule has 0 saturated carbocycles. The topological polar surface area (TPSA) is 29.1 Å². The third-order valence-electron chi connectivity index (χ3n) is 2.47. The Balaban J connectivity index is 4.36. The van der Waals surface area contributed by atoms with Crippen molar-refractivity contribution in [3.05, 3.63) is 0 Å². The van der Waals surface area contributed by atoms with E-state index in [-0.39, 0.29) is 22.8 Å². The molecule has 96 valence electrons. The summed E-state index contributed by atoms with van der Waals surface area (Å²) in [6.07, 6.45) is 1.38. The van der Waals surface area contributed by atoms with Gasteiger partial charge in [0.1, 0.15) is 0 Å². The molecule has 1 atom stereocenters. The molecule has 0 bridgehead atoms. The van der Waals surface area contributed by atoms with Gasteiger partial charge in [0, 0.05) is 18.3 Å². The third-order valence-corrected chi connectivity index (χ3v) is 2.69. The molecule has 0 rings (SSSR count). The van der Waals surface area contributed by atoms with E-state index in [0.29, 0.717) is 12.3 Å². The highest BCUT2D eigenvalue weighted by molar-refractivity contribution is 6.17. The number of halogens is 1. The number of nitrogens with one attached hydrogen (secondary N) is 1. The predicted octanol–water partition coefficient (Wildman–Crippen LogP) is 3.58. The lowest BCUT2D eigenvalue weighted by atomic mass is 9.84. The predicted molar refractivity (Wildman–Crippen MR) is 70.8 cm³/mol. The lowest BCUT2D eigenvalue weighted by Crippen LogP contribution is -2.44. The Morgan fingerprint density at radius 3 is 2.00 bits per heavy atom. The van der Waals surface area contributed by atoms with Crippen LogP contribution in [0.25, 0.3) is 0 Å². The van der Waals surface area contributed by atoms with Crippen LogP contribution in [-0.4, -0.2) is 17.8 Å². The van der Waals surface area contributed by atoms with E-state index in [0.717, 1.165) is 6.42 Å². The standard InChI is InChI=1S/C13H26ClNO/c1-12(2,3)9-11(16)15-10(7-8-14)13(4,5)6/h10H,7-9H2,1-6H3,(H,15,16). The highest BCUT2D eigenvalue weighted by Gasteiger charge is 2.26. The maximum atomic E-state index is 11.8. The number of alkyl halides is 1. The number of hydrogen-bond acceptors (Lipinski definition) is 1. The summed E-state index contributed by atoms with van der Waals surface area (Å²) in [5.74, 6) is 0.704. The molecule has 0 aromatic rings. The lowest BCUT2D eigenvalue weighted by molar-refractivity contribution is -0.124. The van der Waals surface area contributed by atoms with Crippen LogP contribution in [-0.2, 0) is 4.79 Å². The van der Waals surface area contributed by atoms with Crippen LogP contribution in [0.1, 0.15) is 54.4 Å². The van der Waals surface area contributed by atoms with Crippen molar-refractivity contribution in [2.24, 2.45) is 10.8 Å². The van der Waals surface area contributed by atoms with E-state index < -0.39 is 0 Å². The average molecular weight is 248 g/mol. The fourth-order valence-corrected chi connectivity index (χ4v) is 1.78. The monoisotopic (exact) mass is 247 g/mol. The smallest absolute Gasteiger partial charge is 0.220 e. The zero-order chi connectivity index (χ0) is 13.0. The summed E-state index contributed by atoms with van der Waals surface area (Å²) in [5.41, 5.74) is 0.0932. The molecule has 0 radical (unpaired) electrons. The maximum Gasteiger partial charge on any atom is 0.220 e. The minimum absolute atomic E-state index is 0.0352. The van der Waals surface area contributed by atoms with Crippen LogP contribution in [0.5, 0.6) is 0 Å². The van der Waals surface area contributed by atoms with E-state index in [1.807, 2.05) is 0 Å². The normalized spacial score (nSPS) is 14.7. The molecule has 3 heteroatoms. The largest absolute Gasteiger partial charge is 0.353 e. The number of carbonyl (C=O) groups is 1. The molecular formula is C13H26ClNO. The van der Waals surface area contributed by atoms with E-state index in [1.54, 1.807) is 0 Å². The molecule has 0 aliphatic carbocycles. The van der Waals surface area contributed by atoms with E-state index in [1.165, 1.54) is 0 Å². The molecule has 1 N–H and O–H groups in total. The zero-order valence-corrected chi connectivity index (χ0v) is 12.2. The van der Waals surface area contributed by atoms with E-state index >= 15 is 0 Å². The van der Waals surface area contributed by atoms with Gasteiger partial charge in [0.2, 0.25) is 5.91 Å². The Kier molecular flexibility index (Phi) is 5.81. The van der Waals surface area contributed by atoms with Crippen LogP contribution in [0, 0.1) is 10.8 Å². The SMILES string of the molecule is CC(C)(C)CC(=O)NC(CCCl)C(C)(C)C. The van der Waals surface area contributed by atoms with Crippen LogP contribution in [0.3, 0.4) is 0 Å². The first-order valence-corrected chi connectivity index (χ1v) is 6.45.